The van der Waals surface area contributed by atoms with Crippen molar-refractivity contribution in [3.05, 3.63) is 90.3 Å². The Bertz CT molecular complexity index is 1700. The van der Waals surface area contributed by atoms with Gasteiger partial charge in [0.1, 0.15) is 17.2 Å². The summed E-state index contributed by atoms with van der Waals surface area (Å²) in [5.41, 5.74) is 6.34. The molecular weight excluding hydrogens is 520 g/mol. The van der Waals surface area contributed by atoms with Crippen LogP contribution in [-0.4, -0.2) is 24.9 Å². The first-order valence-corrected chi connectivity index (χ1v) is 15.5. The summed E-state index contributed by atoms with van der Waals surface area (Å²) in [5, 5.41) is 4.35. The van der Waals surface area contributed by atoms with E-state index in [0.717, 1.165) is 64.1 Å². The predicted molar refractivity (Wildman–Crippen MR) is 161 cm³/mol. The summed E-state index contributed by atoms with van der Waals surface area (Å²) in [6.45, 7) is 4.63. The van der Waals surface area contributed by atoms with Crippen LogP contribution in [-0.2, 0) is 15.8 Å². The highest BCUT2D eigenvalue weighted by Gasteiger charge is 2.30. The van der Waals surface area contributed by atoms with Crippen molar-refractivity contribution in [3.63, 3.8) is 0 Å². The predicted octanol–water partition coefficient (Wildman–Crippen LogP) is 7.58. The molecule has 0 radical (unpaired) electrons. The number of para-hydroxylation sites is 1. The van der Waals surface area contributed by atoms with Crippen LogP contribution in [0, 0.1) is 5.92 Å². The van der Waals surface area contributed by atoms with Crippen molar-refractivity contribution in [2.45, 2.75) is 44.8 Å². The number of hydrogen-bond acceptors (Lipinski definition) is 5. The van der Waals surface area contributed by atoms with Gasteiger partial charge in [-0.25, -0.2) is 18.1 Å². The van der Waals surface area contributed by atoms with Crippen LogP contribution in [0.2, 0.25) is 0 Å². The van der Waals surface area contributed by atoms with E-state index in [9.17, 15) is 8.42 Å². The molecule has 7 nitrogen and oxygen atoms in total. The van der Waals surface area contributed by atoms with Crippen LogP contribution in [0.4, 0.5) is 11.4 Å². The molecule has 0 aliphatic heterocycles. The van der Waals surface area contributed by atoms with E-state index in [1.165, 1.54) is 0 Å². The van der Waals surface area contributed by atoms with E-state index in [0.29, 0.717) is 29.7 Å². The normalized spacial score (nSPS) is 13.8. The Balaban J connectivity index is 1.38. The van der Waals surface area contributed by atoms with Crippen LogP contribution in [0.3, 0.4) is 0 Å². The molecule has 0 unspecified atom stereocenters. The van der Waals surface area contributed by atoms with Gasteiger partial charge >= 0.3 is 0 Å². The van der Waals surface area contributed by atoms with Crippen LogP contribution >= 0.6 is 0 Å². The Kier molecular flexibility index (Phi) is 7.21. The van der Waals surface area contributed by atoms with E-state index < -0.39 is 10.0 Å². The molecule has 3 aromatic carbocycles. The number of imidazole rings is 1. The second kappa shape index (κ2) is 10.9. The van der Waals surface area contributed by atoms with E-state index >= 15 is 0 Å². The van der Waals surface area contributed by atoms with Crippen LogP contribution < -0.4 is 10.0 Å². The SMILES string of the molecule is CC(C)CCNS(=O)(=O)Cc1cc2oc(-c3ccc(Nc4ccccc4)cc3)c(-c3ncc[nH]3)c2cc1C1CC1. The van der Waals surface area contributed by atoms with E-state index in [1.807, 2.05) is 60.7 Å². The third-order valence-electron chi connectivity index (χ3n) is 7.30. The summed E-state index contributed by atoms with van der Waals surface area (Å²) in [6.07, 6.45) is 6.47. The van der Waals surface area contributed by atoms with Crippen LogP contribution in [0.25, 0.3) is 33.7 Å². The number of nitrogens with zero attached hydrogens (tertiary/aromatic N) is 1. The molecule has 0 amide bonds. The standard InChI is InChI=1S/C32H34N4O3S/c1-21(2)14-15-35-40(37,38)20-24-18-29-28(19-27(24)22-8-9-22)30(32-33-16-17-34-32)31(39-29)23-10-12-26(13-11-23)36-25-6-4-3-5-7-25/h3-7,10-13,16-19,21-22,35-36H,8-9,14-15,20H2,1-2H3,(H,33,34). The third-order valence-corrected chi connectivity index (χ3v) is 8.64. The van der Waals surface area contributed by atoms with Crippen molar-refractivity contribution in [2.75, 3.05) is 11.9 Å². The molecule has 1 fully saturated rings. The van der Waals surface area contributed by atoms with E-state index in [-0.39, 0.29) is 5.75 Å². The Morgan fingerprint density at radius 2 is 1.77 bits per heavy atom. The molecule has 206 valence electrons. The number of hydrogen-bond donors (Lipinski definition) is 3. The fraction of sp³-hybridized carbons (Fsp3) is 0.281. The Labute approximate surface area is 235 Å². The first-order chi connectivity index (χ1) is 19.4. The Hall–Kier alpha value is -3.88. The zero-order chi connectivity index (χ0) is 27.7. The fourth-order valence-corrected chi connectivity index (χ4v) is 6.28. The lowest BCUT2D eigenvalue weighted by Crippen LogP contribution is -2.27. The molecule has 2 aromatic heterocycles. The number of H-pyrrole nitrogens is 1. The lowest BCUT2D eigenvalue weighted by Gasteiger charge is -2.12. The topological polar surface area (TPSA) is 100 Å². The van der Waals surface area contributed by atoms with Crippen molar-refractivity contribution in [1.29, 1.82) is 0 Å². The van der Waals surface area contributed by atoms with Crippen LogP contribution in [0.15, 0.2) is 83.5 Å². The molecule has 0 spiro atoms. The minimum Gasteiger partial charge on any atom is -0.455 e. The quantitative estimate of drug-likeness (QED) is 0.156. The van der Waals surface area contributed by atoms with Crippen LogP contribution in [0.5, 0.6) is 0 Å². The van der Waals surface area contributed by atoms with Crippen LogP contribution in [0.1, 0.15) is 50.2 Å². The molecule has 1 saturated carbocycles. The molecule has 40 heavy (non-hydrogen) atoms. The molecule has 3 N–H and O–H groups in total. The summed E-state index contributed by atoms with van der Waals surface area (Å²) in [6, 6.07) is 22.2. The number of rotatable bonds is 11. The molecule has 0 saturated heterocycles. The average molecular weight is 555 g/mol. The largest absolute Gasteiger partial charge is 0.455 e. The summed E-state index contributed by atoms with van der Waals surface area (Å²) in [5.74, 6) is 2.17. The smallest absolute Gasteiger partial charge is 0.215 e. The van der Waals surface area contributed by atoms with Crippen molar-refractivity contribution >= 4 is 32.4 Å². The monoisotopic (exact) mass is 554 g/mol. The Morgan fingerprint density at radius 3 is 2.45 bits per heavy atom. The van der Waals surface area contributed by atoms with Crippen molar-refractivity contribution < 1.29 is 12.8 Å². The fourth-order valence-electron chi connectivity index (χ4n) is 5.09. The molecule has 2 heterocycles. The zero-order valence-electron chi connectivity index (χ0n) is 22.8. The van der Waals surface area contributed by atoms with Gasteiger partial charge in [0.25, 0.3) is 0 Å². The summed E-state index contributed by atoms with van der Waals surface area (Å²) in [4.78, 5) is 7.80. The molecule has 8 heteroatoms. The van der Waals surface area contributed by atoms with Crippen molar-refractivity contribution in [2.24, 2.45) is 5.92 Å². The number of aromatic nitrogens is 2. The number of nitrogens with one attached hydrogen (secondary N) is 3. The zero-order valence-corrected chi connectivity index (χ0v) is 23.6. The lowest BCUT2D eigenvalue weighted by atomic mass is 9.98. The van der Waals surface area contributed by atoms with Gasteiger partial charge < -0.3 is 14.7 Å². The number of sulfonamides is 1. The van der Waals surface area contributed by atoms with Gasteiger partial charge in [-0.2, -0.15) is 0 Å². The van der Waals surface area contributed by atoms with Gasteiger partial charge in [0.05, 0.1) is 11.3 Å². The minimum absolute atomic E-state index is 0.0567. The lowest BCUT2D eigenvalue weighted by molar-refractivity contribution is 0.551. The first-order valence-electron chi connectivity index (χ1n) is 13.9. The second-order valence-corrected chi connectivity index (χ2v) is 12.8. The highest BCUT2D eigenvalue weighted by Crippen LogP contribution is 2.47. The highest BCUT2D eigenvalue weighted by atomic mass is 32.2. The molecule has 6 rings (SSSR count). The first kappa shape index (κ1) is 26.3. The van der Waals surface area contributed by atoms with E-state index in [2.05, 4.69) is 39.9 Å². The maximum atomic E-state index is 13.0. The van der Waals surface area contributed by atoms with Gasteiger partial charge in [-0.3, -0.25) is 0 Å². The Morgan fingerprint density at radius 1 is 1.02 bits per heavy atom. The number of fused-ring (bicyclic) bond motifs is 1. The summed E-state index contributed by atoms with van der Waals surface area (Å²) < 4.78 is 35.3. The molecule has 0 bridgehead atoms. The summed E-state index contributed by atoms with van der Waals surface area (Å²) in [7, 11) is -3.47. The van der Waals surface area contributed by atoms with Gasteiger partial charge in [0.2, 0.25) is 10.0 Å². The number of benzene rings is 3. The molecule has 1 aliphatic carbocycles. The molecular formula is C32H34N4O3S. The van der Waals surface area contributed by atoms with E-state index in [4.69, 9.17) is 4.42 Å². The average Bonchev–Trinajstić information content (AvgIpc) is 3.50. The highest BCUT2D eigenvalue weighted by molar-refractivity contribution is 7.88. The molecule has 5 aromatic rings. The number of aromatic amines is 1. The third kappa shape index (κ3) is 5.83. The van der Waals surface area contributed by atoms with Crippen molar-refractivity contribution in [1.82, 2.24) is 14.7 Å². The second-order valence-electron chi connectivity index (χ2n) is 11.0. The van der Waals surface area contributed by atoms with E-state index in [1.54, 1.807) is 12.4 Å². The van der Waals surface area contributed by atoms with Gasteiger partial charge in [-0.1, -0.05) is 32.0 Å². The number of furan rings is 1. The maximum Gasteiger partial charge on any atom is 0.215 e. The minimum atomic E-state index is -3.47. The van der Waals surface area contributed by atoms with Gasteiger partial charge in [0, 0.05) is 41.3 Å². The van der Waals surface area contributed by atoms with Gasteiger partial charge in [0.15, 0.2) is 0 Å². The van der Waals surface area contributed by atoms with Gasteiger partial charge in [-0.15, -0.1) is 0 Å². The summed E-state index contributed by atoms with van der Waals surface area (Å²) >= 11 is 0. The maximum absolute atomic E-state index is 13.0. The number of anilines is 2. The van der Waals surface area contributed by atoms with Crippen molar-refractivity contribution in [3.8, 4) is 22.7 Å². The molecule has 0 atom stereocenters. The molecule has 1 aliphatic rings. The van der Waals surface area contributed by atoms with Gasteiger partial charge in [-0.05, 0) is 90.8 Å².